The van der Waals surface area contributed by atoms with Crippen LogP contribution in [0.15, 0.2) is 29.4 Å². The molecular formula is C8H13N3O2S. The largest absolute Gasteiger partial charge is 0.318 e. The summed E-state index contributed by atoms with van der Waals surface area (Å²) in [6, 6.07) is 3.10. The second-order valence-electron chi connectivity index (χ2n) is 2.69. The molecule has 0 bridgehead atoms. The van der Waals surface area contributed by atoms with Gasteiger partial charge in [-0.05, 0) is 19.2 Å². The lowest BCUT2D eigenvalue weighted by molar-refractivity contribution is 0.579. The normalized spacial score (nSPS) is 11.5. The van der Waals surface area contributed by atoms with Crippen LogP contribution in [0.3, 0.4) is 0 Å². The van der Waals surface area contributed by atoms with Crippen molar-refractivity contribution < 1.29 is 8.42 Å². The summed E-state index contributed by atoms with van der Waals surface area (Å²) in [5, 5.41) is 2.85. The van der Waals surface area contributed by atoms with Gasteiger partial charge in [-0.3, -0.25) is 4.98 Å². The van der Waals surface area contributed by atoms with Crippen molar-refractivity contribution in [2.75, 3.05) is 20.1 Å². The molecule has 1 aromatic rings. The molecule has 0 saturated heterocycles. The number of likely N-dealkylation sites (N-methyl/N-ethyl adjacent to an activating group) is 1. The zero-order valence-corrected chi connectivity index (χ0v) is 8.71. The molecule has 0 aromatic carbocycles. The van der Waals surface area contributed by atoms with Gasteiger partial charge in [0.15, 0.2) is 0 Å². The Bertz CT molecular complexity index is 363. The minimum Gasteiger partial charge on any atom is -0.318 e. The summed E-state index contributed by atoms with van der Waals surface area (Å²) in [6.45, 7) is 0.965. The van der Waals surface area contributed by atoms with E-state index in [1.54, 1.807) is 13.1 Å². The third-order valence-electron chi connectivity index (χ3n) is 1.61. The zero-order valence-electron chi connectivity index (χ0n) is 7.90. The van der Waals surface area contributed by atoms with Crippen LogP contribution >= 0.6 is 0 Å². The fourth-order valence-electron chi connectivity index (χ4n) is 0.900. The van der Waals surface area contributed by atoms with Crippen LogP contribution < -0.4 is 10.0 Å². The first-order valence-corrected chi connectivity index (χ1v) is 5.69. The Balaban J connectivity index is 2.67. The lowest BCUT2D eigenvalue weighted by atomic mass is 10.5. The molecule has 1 aromatic heterocycles. The molecule has 0 spiro atoms. The molecule has 0 aliphatic heterocycles. The highest BCUT2D eigenvalue weighted by Gasteiger charge is 2.11. The summed E-state index contributed by atoms with van der Waals surface area (Å²) in [4.78, 5) is 3.94. The highest BCUT2D eigenvalue weighted by molar-refractivity contribution is 7.89. The van der Waals surface area contributed by atoms with Crippen LogP contribution in [-0.2, 0) is 10.0 Å². The van der Waals surface area contributed by atoms with Crippen LogP contribution in [0.1, 0.15) is 0 Å². The molecule has 6 heteroatoms. The lowest BCUT2D eigenvalue weighted by Gasteiger charge is -2.05. The van der Waals surface area contributed by atoms with Crippen molar-refractivity contribution in [1.82, 2.24) is 15.0 Å². The van der Waals surface area contributed by atoms with Crippen LogP contribution in [0.25, 0.3) is 0 Å². The molecule has 1 heterocycles. The van der Waals surface area contributed by atoms with Gasteiger partial charge in [0.05, 0.1) is 0 Å². The van der Waals surface area contributed by atoms with Crippen molar-refractivity contribution in [1.29, 1.82) is 0 Å². The Morgan fingerprint density at radius 1 is 1.43 bits per heavy atom. The van der Waals surface area contributed by atoms with E-state index in [1.165, 1.54) is 18.5 Å². The van der Waals surface area contributed by atoms with E-state index >= 15 is 0 Å². The molecule has 2 N–H and O–H groups in total. The van der Waals surface area contributed by atoms with Gasteiger partial charge >= 0.3 is 0 Å². The van der Waals surface area contributed by atoms with Gasteiger partial charge in [-0.15, -0.1) is 0 Å². The van der Waals surface area contributed by atoms with Crippen molar-refractivity contribution >= 4 is 10.0 Å². The molecule has 0 saturated carbocycles. The molecule has 0 aliphatic rings. The van der Waals surface area contributed by atoms with Crippen molar-refractivity contribution in [2.45, 2.75) is 4.90 Å². The van der Waals surface area contributed by atoms with Gasteiger partial charge < -0.3 is 5.32 Å². The van der Waals surface area contributed by atoms with Gasteiger partial charge in [0, 0.05) is 25.5 Å². The van der Waals surface area contributed by atoms with E-state index in [9.17, 15) is 8.42 Å². The maximum Gasteiger partial charge on any atom is 0.242 e. The highest BCUT2D eigenvalue weighted by atomic mass is 32.2. The molecule has 0 radical (unpaired) electrons. The van der Waals surface area contributed by atoms with E-state index < -0.39 is 10.0 Å². The van der Waals surface area contributed by atoms with E-state index in [4.69, 9.17) is 0 Å². The molecule has 14 heavy (non-hydrogen) atoms. The number of nitrogens with zero attached hydrogens (tertiary/aromatic N) is 1. The van der Waals surface area contributed by atoms with E-state index in [1.807, 2.05) is 0 Å². The Morgan fingerprint density at radius 3 is 2.79 bits per heavy atom. The molecular weight excluding hydrogens is 202 g/mol. The Morgan fingerprint density at radius 2 is 2.21 bits per heavy atom. The quantitative estimate of drug-likeness (QED) is 0.654. The maximum absolute atomic E-state index is 11.5. The number of hydrogen-bond acceptors (Lipinski definition) is 4. The topological polar surface area (TPSA) is 71.1 Å². The average Bonchev–Trinajstić information content (AvgIpc) is 2.19. The summed E-state index contributed by atoms with van der Waals surface area (Å²) in [7, 11) is -1.62. The standard InChI is InChI=1S/C8H13N3O2S/c1-9-5-6-11-14(12,13)8-3-2-4-10-7-8/h2-4,7,9,11H,5-6H2,1H3. The SMILES string of the molecule is CNCCNS(=O)(=O)c1cccnc1. The van der Waals surface area contributed by atoms with Crippen LogP contribution in [0.5, 0.6) is 0 Å². The van der Waals surface area contributed by atoms with Gasteiger partial charge in [0.25, 0.3) is 0 Å². The van der Waals surface area contributed by atoms with Crippen LogP contribution in [0, 0.1) is 0 Å². The van der Waals surface area contributed by atoms with Crippen LogP contribution in [0.2, 0.25) is 0 Å². The maximum atomic E-state index is 11.5. The molecule has 5 nitrogen and oxygen atoms in total. The Hall–Kier alpha value is -0.980. The molecule has 0 atom stereocenters. The monoisotopic (exact) mass is 215 g/mol. The van der Waals surface area contributed by atoms with E-state index in [0.29, 0.717) is 13.1 Å². The number of pyridine rings is 1. The first-order valence-electron chi connectivity index (χ1n) is 4.21. The number of aromatic nitrogens is 1. The van der Waals surface area contributed by atoms with Crippen molar-refractivity contribution in [2.24, 2.45) is 0 Å². The van der Waals surface area contributed by atoms with Gasteiger partial charge in [-0.25, -0.2) is 13.1 Å². The fourth-order valence-corrected chi connectivity index (χ4v) is 1.89. The molecule has 0 amide bonds. The van der Waals surface area contributed by atoms with E-state index in [0.717, 1.165) is 0 Å². The first kappa shape index (κ1) is 11.1. The van der Waals surface area contributed by atoms with Crippen LogP contribution in [-0.4, -0.2) is 33.5 Å². The highest BCUT2D eigenvalue weighted by Crippen LogP contribution is 2.04. The minimum atomic E-state index is -3.39. The fraction of sp³-hybridized carbons (Fsp3) is 0.375. The van der Waals surface area contributed by atoms with Gasteiger partial charge in [-0.1, -0.05) is 0 Å². The van der Waals surface area contributed by atoms with Crippen molar-refractivity contribution in [3.8, 4) is 0 Å². The predicted molar refractivity (Wildman–Crippen MR) is 53.4 cm³/mol. The second kappa shape index (κ2) is 5.04. The third-order valence-corrected chi connectivity index (χ3v) is 3.06. The summed E-state index contributed by atoms with van der Waals surface area (Å²) in [6.07, 6.45) is 2.86. The van der Waals surface area contributed by atoms with E-state index in [-0.39, 0.29) is 4.90 Å². The molecule has 78 valence electrons. The number of nitrogens with one attached hydrogen (secondary N) is 2. The lowest BCUT2D eigenvalue weighted by Crippen LogP contribution is -2.30. The number of sulfonamides is 1. The van der Waals surface area contributed by atoms with Gasteiger partial charge in [0.2, 0.25) is 10.0 Å². The van der Waals surface area contributed by atoms with Crippen molar-refractivity contribution in [3.05, 3.63) is 24.5 Å². The summed E-state index contributed by atoms with van der Waals surface area (Å²) in [5.41, 5.74) is 0. The van der Waals surface area contributed by atoms with Crippen LogP contribution in [0.4, 0.5) is 0 Å². The summed E-state index contributed by atoms with van der Waals surface area (Å²) >= 11 is 0. The number of rotatable bonds is 5. The minimum absolute atomic E-state index is 0.191. The molecule has 0 unspecified atom stereocenters. The summed E-state index contributed by atoms with van der Waals surface area (Å²) < 4.78 is 25.5. The third kappa shape index (κ3) is 3.06. The molecule has 1 rings (SSSR count). The Labute approximate surface area is 83.6 Å². The average molecular weight is 215 g/mol. The van der Waals surface area contributed by atoms with Gasteiger partial charge in [-0.2, -0.15) is 0 Å². The predicted octanol–water partition coefficient (Wildman–Crippen LogP) is -0.421. The first-order chi connectivity index (χ1) is 6.67. The summed E-state index contributed by atoms with van der Waals surface area (Å²) in [5.74, 6) is 0. The van der Waals surface area contributed by atoms with E-state index in [2.05, 4.69) is 15.0 Å². The second-order valence-corrected chi connectivity index (χ2v) is 4.46. The smallest absolute Gasteiger partial charge is 0.242 e. The molecule has 0 fully saturated rings. The Kier molecular flexibility index (Phi) is 3.99. The zero-order chi connectivity index (χ0) is 10.4. The molecule has 0 aliphatic carbocycles. The van der Waals surface area contributed by atoms with Gasteiger partial charge in [0.1, 0.15) is 4.90 Å². The van der Waals surface area contributed by atoms with Crippen molar-refractivity contribution in [3.63, 3.8) is 0 Å². The number of hydrogen-bond donors (Lipinski definition) is 2.